The zero-order chi connectivity index (χ0) is 27.7. The molecule has 0 aliphatic carbocycles. The number of aromatic nitrogens is 3. The van der Waals surface area contributed by atoms with Crippen LogP contribution in [-0.2, 0) is 20.7 Å². The van der Waals surface area contributed by atoms with Gasteiger partial charge < -0.3 is 15.0 Å². The minimum Gasteiger partial charge on any atom is -0.444 e. The summed E-state index contributed by atoms with van der Waals surface area (Å²) in [5.41, 5.74) is 1.37. The normalized spacial score (nSPS) is 17.2. The smallest absolute Gasteiger partial charge is 0.413 e. The van der Waals surface area contributed by atoms with E-state index in [2.05, 4.69) is 25.8 Å². The van der Waals surface area contributed by atoms with Crippen molar-refractivity contribution >= 4 is 40.3 Å². The largest absolute Gasteiger partial charge is 0.444 e. The number of carbonyl (C=O) groups excluding carboxylic acids is 3. The molecule has 1 saturated heterocycles. The topological polar surface area (TPSA) is 129 Å². The third kappa shape index (κ3) is 6.24. The molecule has 3 amide bonds. The van der Waals surface area contributed by atoms with Crippen molar-refractivity contribution in [3.05, 3.63) is 47.8 Å². The molecule has 0 bridgehead atoms. The van der Waals surface area contributed by atoms with Crippen molar-refractivity contribution in [1.82, 2.24) is 20.1 Å². The SMILES string of the molecule is CCc1cc(NC(=O)C(=O)N2CCC(F)(F)C[C@H]2c2ccc3[nH]ncc3c2)cnc1NC(=O)OC(C)(C)C. The lowest BCUT2D eigenvalue weighted by Gasteiger charge is -2.39. The summed E-state index contributed by atoms with van der Waals surface area (Å²) in [5, 5.41) is 12.5. The van der Waals surface area contributed by atoms with E-state index in [1.54, 1.807) is 51.2 Å². The third-order valence-electron chi connectivity index (χ3n) is 6.12. The number of rotatable bonds is 4. The Morgan fingerprint density at radius 3 is 2.66 bits per heavy atom. The van der Waals surface area contributed by atoms with Crippen LogP contribution in [0.15, 0.2) is 36.7 Å². The number of halogens is 2. The molecule has 202 valence electrons. The number of H-pyrrole nitrogens is 1. The van der Waals surface area contributed by atoms with Crippen molar-refractivity contribution in [2.24, 2.45) is 0 Å². The summed E-state index contributed by atoms with van der Waals surface area (Å²) in [6, 6.07) is 5.65. The molecule has 1 aromatic carbocycles. The number of ether oxygens (including phenoxy) is 1. The average Bonchev–Trinajstić information content (AvgIpc) is 3.30. The van der Waals surface area contributed by atoms with Crippen molar-refractivity contribution in [2.45, 2.75) is 64.5 Å². The number of amides is 3. The Hall–Kier alpha value is -4.09. The molecule has 1 fully saturated rings. The first-order valence-corrected chi connectivity index (χ1v) is 12.3. The molecule has 1 atom stereocenters. The van der Waals surface area contributed by atoms with Gasteiger partial charge in [-0.15, -0.1) is 0 Å². The molecule has 10 nitrogen and oxygen atoms in total. The Bertz CT molecular complexity index is 1370. The van der Waals surface area contributed by atoms with E-state index in [9.17, 15) is 23.2 Å². The number of nitrogens with zero attached hydrogens (tertiary/aromatic N) is 3. The Morgan fingerprint density at radius 1 is 1.18 bits per heavy atom. The molecular formula is C26H30F2N6O4. The van der Waals surface area contributed by atoms with E-state index < -0.39 is 48.3 Å². The maximum atomic E-state index is 14.4. The minimum absolute atomic E-state index is 0.230. The van der Waals surface area contributed by atoms with E-state index in [1.807, 2.05) is 6.92 Å². The van der Waals surface area contributed by atoms with E-state index in [-0.39, 0.29) is 18.1 Å². The van der Waals surface area contributed by atoms with Crippen molar-refractivity contribution in [3.8, 4) is 0 Å². The van der Waals surface area contributed by atoms with Gasteiger partial charge in [0, 0.05) is 24.8 Å². The number of likely N-dealkylation sites (tertiary alicyclic amines) is 1. The fourth-order valence-corrected chi connectivity index (χ4v) is 4.32. The summed E-state index contributed by atoms with van der Waals surface area (Å²) in [6.45, 7) is 6.77. The van der Waals surface area contributed by atoms with Gasteiger partial charge in [0.1, 0.15) is 11.4 Å². The second-order valence-electron chi connectivity index (χ2n) is 10.2. The van der Waals surface area contributed by atoms with E-state index >= 15 is 0 Å². The van der Waals surface area contributed by atoms with E-state index in [4.69, 9.17) is 4.74 Å². The number of piperidine rings is 1. The van der Waals surface area contributed by atoms with Crippen LogP contribution in [0.5, 0.6) is 0 Å². The Kier molecular flexibility index (Phi) is 7.34. The molecule has 0 unspecified atom stereocenters. The predicted octanol–water partition coefficient (Wildman–Crippen LogP) is 4.80. The van der Waals surface area contributed by atoms with Crippen LogP contribution in [0, 0.1) is 0 Å². The number of hydrogen-bond acceptors (Lipinski definition) is 6. The molecule has 3 N–H and O–H groups in total. The zero-order valence-electron chi connectivity index (χ0n) is 21.6. The van der Waals surface area contributed by atoms with Crippen LogP contribution in [0.1, 0.15) is 57.7 Å². The van der Waals surface area contributed by atoms with E-state index in [1.165, 1.54) is 11.1 Å². The van der Waals surface area contributed by atoms with Crippen LogP contribution in [0.4, 0.5) is 25.1 Å². The zero-order valence-corrected chi connectivity index (χ0v) is 21.6. The third-order valence-corrected chi connectivity index (χ3v) is 6.12. The lowest BCUT2D eigenvalue weighted by molar-refractivity contribution is -0.151. The number of benzene rings is 1. The minimum atomic E-state index is -2.97. The van der Waals surface area contributed by atoms with Gasteiger partial charge in [-0.05, 0) is 56.5 Å². The Balaban J connectivity index is 1.50. The lowest BCUT2D eigenvalue weighted by atomic mass is 9.92. The van der Waals surface area contributed by atoms with Gasteiger partial charge in [0.15, 0.2) is 0 Å². The maximum Gasteiger partial charge on any atom is 0.413 e. The molecule has 1 aliphatic rings. The highest BCUT2D eigenvalue weighted by atomic mass is 19.3. The van der Waals surface area contributed by atoms with Crippen LogP contribution in [0.3, 0.4) is 0 Å². The monoisotopic (exact) mass is 528 g/mol. The molecule has 2 aromatic heterocycles. The number of alkyl halides is 2. The number of aryl methyl sites for hydroxylation is 1. The molecule has 1 aliphatic heterocycles. The summed E-state index contributed by atoms with van der Waals surface area (Å²) < 4.78 is 34.0. The number of pyridine rings is 1. The van der Waals surface area contributed by atoms with Gasteiger partial charge in [-0.25, -0.2) is 18.6 Å². The lowest BCUT2D eigenvalue weighted by Crippen LogP contribution is -2.48. The van der Waals surface area contributed by atoms with Crippen LogP contribution >= 0.6 is 0 Å². The molecule has 3 aromatic rings. The fourth-order valence-electron chi connectivity index (χ4n) is 4.32. The van der Waals surface area contributed by atoms with Gasteiger partial charge in [-0.1, -0.05) is 13.0 Å². The van der Waals surface area contributed by atoms with Gasteiger partial charge in [0.2, 0.25) is 0 Å². The fraction of sp³-hybridized carbons (Fsp3) is 0.423. The molecule has 0 saturated carbocycles. The first kappa shape index (κ1) is 27.0. The van der Waals surface area contributed by atoms with Gasteiger partial charge in [0.05, 0.1) is 29.6 Å². The van der Waals surface area contributed by atoms with Crippen LogP contribution in [0.2, 0.25) is 0 Å². The molecule has 3 heterocycles. The molecule has 4 rings (SSSR count). The van der Waals surface area contributed by atoms with E-state index in [0.717, 1.165) is 5.52 Å². The van der Waals surface area contributed by atoms with Crippen molar-refractivity contribution < 1.29 is 27.9 Å². The predicted molar refractivity (Wildman–Crippen MR) is 137 cm³/mol. The second kappa shape index (κ2) is 10.3. The molecule has 0 radical (unpaired) electrons. The van der Waals surface area contributed by atoms with Crippen LogP contribution < -0.4 is 10.6 Å². The number of carbonyl (C=O) groups is 3. The summed E-state index contributed by atoms with van der Waals surface area (Å²) >= 11 is 0. The van der Waals surface area contributed by atoms with Gasteiger partial charge in [-0.2, -0.15) is 5.10 Å². The standard InChI is InChI=1S/C26H30F2N6O4/c1-5-15-11-18(14-29-21(15)32-24(37)38-25(2,3)4)31-22(35)23(36)34-9-8-26(27,28)12-20(34)16-6-7-19-17(10-16)13-30-33-19/h6-7,10-11,13-14,20H,5,8-9,12H2,1-4H3,(H,30,33)(H,31,35)(H,29,32,37)/t20-/m0/s1. The number of aromatic amines is 1. The number of hydrogen-bond donors (Lipinski definition) is 3. The maximum absolute atomic E-state index is 14.4. The average molecular weight is 529 g/mol. The van der Waals surface area contributed by atoms with Crippen molar-refractivity contribution in [1.29, 1.82) is 0 Å². The first-order valence-electron chi connectivity index (χ1n) is 12.3. The Morgan fingerprint density at radius 2 is 1.95 bits per heavy atom. The van der Waals surface area contributed by atoms with Crippen molar-refractivity contribution in [3.63, 3.8) is 0 Å². The number of nitrogens with one attached hydrogen (secondary N) is 3. The number of anilines is 2. The first-order chi connectivity index (χ1) is 17.8. The molecule has 0 spiro atoms. The number of fused-ring (bicyclic) bond motifs is 1. The summed E-state index contributed by atoms with van der Waals surface area (Å²) in [7, 11) is 0. The highest BCUT2D eigenvalue weighted by molar-refractivity contribution is 6.39. The Labute approximate surface area is 218 Å². The highest BCUT2D eigenvalue weighted by Crippen LogP contribution is 2.40. The van der Waals surface area contributed by atoms with Gasteiger partial charge in [-0.3, -0.25) is 20.0 Å². The van der Waals surface area contributed by atoms with Crippen LogP contribution in [0.25, 0.3) is 10.9 Å². The van der Waals surface area contributed by atoms with Crippen molar-refractivity contribution in [2.75, 3.05) is 17.2 Å². The van der Waals surface area contributed by atoms with Gasteiger partial charge >= 0.3 is 17.9 Å². The summed E-state index contributed by atoms with van der Waals surface area (Å²) in [4.78, 5) is 43.6. The van der Waals surface area contributed by atoms with E-state index in [0.29, 0.717) is 22.9 Å². The summed E-state index contributed by atoms with van der Waals surface area (Å²) in [5.74, 6) is -4.60. The highest BCUT2D eigenvalue weighted by Gasteiger charge is 2.44. The summed E-state index contributed by atoms with van der Waals surface area (Å²) in [6.07, 6.45) is 1.53. The van der Waals surface area contributed by atoms with Gasteiger partial charge in [0.25, 0.3) is 5.92 Å². The molecule has 12 heteroatoms. The second-order valence-corrected chi connectivity index (χ2v) is 10.2. The molecule has 38 heavy (non-hydrogen) atoms. The molecular weight excluding hydrogens is 498 g/mol. The quantitative estimate of drug-likeness (QED) is 0.417. The van der Waals surface area contributed by atoms with Crippen LogP contribution in [-0.4, -0.2) is 56.1 Å².